The molecule has 0 aromatic heterocycles. The fourth-order valence-electron chi connectivity index (χ4n) is 1.61. The second kappa shape index (κ2) is 3.87. The van der Waals surface area contributed by atoms with E-state index in [1.54, 1.807) is 0 Å². The smallest absolute Gasteiger partial charge is 0.338 e. The van der Waals surface area contributed by atoms with Crippen LogP contribution in [0, 0.1) is 0 Å². The minimum absolute atomic E-state index is 0.191. The lowest BCUT2D eigenvalue weighted by Crippen LogP contribution is -2.44. The van der Waals surface area contributed by atoms with Gasteiger partial charge in [-0.2, -0.15) is 0 Å². The first-order chi connectivity index (χ1) is 6.14. The highest BCUT2D eigenvalue weighted by atomic mass is 16.6. The normalized spacial score (nSPS) is 21.2. The Morgan fingerprint density at radius 2 is 1.85 bits per heavy atom. The van der Waals surface area contributed by atoms with Gasteiger partial charge < -0.3 is 9.47 Å². The van der Waals surface area contributed by atoms with Gasteiger partial charge in [-0.15, -0.1) is 0 Å². The Morgan fingerprint density at radius 3 is 2.23 bits per heavy atom. The van der Waals surface area contributed by atoms with E-state index in [0.29, 0.717) is 25.7 Å². The average Bonchev–Trinajstić information content (AvgIpc) is 2.18. The highest BCUT2D eigenvalue weighted by Crippen LogP contribution is 2.30. The predicted molar refractivity (Wildman–Crippen MR) is 45.2 cm³/mol. The standard InChI is InChI=1S/C9H14O4/c1-12-8(11)9(13-2)5-3-7(10)4-6-9/h3-6H2,1-2H3. The molecule has 4 nitrogen and oxygen atoms in total. The molecule has 1 aliphatic carbocycles. The van der Waals surface area contributed by atoms with Crippen LogP contribution in [0.2, 0.25) is 0 Å². The van der Waals surface area contributed by atoms with E-state index in [0.717, 1.165) is 0 Å². The first-order valence-corrected chi connectivity index (χ1v) is 4.30. The van der Waals surface area contributed by atoms with Gasteiger partial charge in [0.15, 0.2) is 5.60 Å². The lowest BCUT2D eigenvalue weighted by molar-refractivity contribution is -0.170. The summed E-state index contributed by atoms with van der Waals surface area (Å²) in [6, 6.07) is 0. The maximum absolute atomic E-state index is 11.4. The molecule has 1 fully saturated rings. The molecule has 0 heterocycles. The molecule has 0 saturated heterocycles. The first kappa shape index (κ1) is 10.2. The molecule has 0 N–H and O–H groups in total. The zero-order chi connectivity index (χ0) is 9.90. The maximum Gasteiger partial charge on any atom is 0.338 e. The third kappa shape index (κ3) is 1.88. The number of esters is 1. The maximum atomic E-state index is 11.4. The van der Waals surface area contributed by atoms with Crippen LogP contribution in [-0.2, 0) is 19.1 Å². The number of Topliss-reactive ketones (excluding diaryl/α,β-unsaturated/α-hetero) is 1. The molecule has 0 radical (unpaired) electrons. The molecular weight excluding hydrogens is 172 g/mol. The van der Waals surface area contributed by atoms with Crippen LogP contribution < -0.4 is 0 Å². The lowest BCUT2D eigenvalue weighted by atomic mass is 9.84. The average molecular weight is 186 g/mol. The summed E-state index contributed by atoms with van der Waals surface area (Å²) >= 11 is 0. The highest BCUT2D eigenvalue weighted by molar-refractivity contribution is 5.86. The second-order valence-corrected chi connectivity index (χ2v) is 3.23. The molecule has 1 saturated carbocycles. The Balaban J connectivity index is 2.71. The van der Waals surface area contributed by atoms with E-state index < -0.39 is 5.60 Å². The first-order valence-electron chi connectivity index (χ1n) is 4.30. The molecule has 0 atom stereocenters. The van der Waals surface area contributed by atoms with Gasteiger partial charge in [0.2, 0.25) is 0 Å². The summed E-state index contributed by atoms with van der Waals surface area (Å²) in [5, 5.41) is 0. The van der Waals surface area contributed by atoms with Crippen molar-refractivity contribution >= 4 is 11.8 Å². The van der Waals surface area contributed by atoms with E-state index in [9.17, 15) is 9.59 Å². The van der Waals surface area contributed by atoms with E-state index in [2.05, 4.69) is 4.74 Å². The van der Waals surface area contributed by atoms with Crippen LogP contribution in [0.1, 0.15) is 25.7 Å². The molecule has 0 aliphatic heterocycles. The molecule has 1 rings (SSSR count). The zero-order valence-electron chi connectivity index (χ0n) is 7.96. The summed E-state index contributed by atoms with van der Waals surface area (Å²) in [5.74, 6) is -0.181. The minimum atomic E-state index is -0.872. The Hall–Kier alpha value is -0.900. The molecular formula is C9H14O4. The van der Waals surface area contributed by atoms with Gasteiger partial charge in [-0.05, 0) is 12.8 Å². The van der Waals surface area contributed by atoms with Crippen LogP contribution in [0.25, 0.3) is 0 Å². The summed E-state index contributed by atoms with van der Waals surface area (Å²) < 4.78 is 9.80. The predicted octanol–water partition coefficient (Wildman–Crippen LogP) is 0.688. The van der Waals surface area contributed by atoms with Gasteiger partial charge in [-0.1, -0.05) is 0 Å². The van der Waals surface area contributed by atoms with Crippen LogP contribution in [-0.4, -0.2) is 31.6 Å². The summed E-state index contributed by atoms with van der Waals surface area (Å²) in [4.78, 5) is 22.3. The van der Waals surface area contributed by atoms with E-state index in [1.807, 2.05) is 0 Å². The number of hydrogen-bond acceptors (Lipinski definition) is 4. The van der Waals surface area contributed by atoms with Crippen LogP contribution in [0.3, 0.4) is 0 Å². The number of carbonyl (C=O) groups is 2. The van der Waals surface area contributed by atoms with E-state index in [1.165, 1.54) is 14.2 Å². The van der Waals surface area contributed by atoms with Crippen molar-refractivity contribution in [2.75, 3.05) is 14.2 Å². The Labute approximate surface area is 77.2 Å². The molecule has 0 spiro atoms. The van der Waals surface area contributed by atoms with Crippen LogP contribution in [0.5, 0.6) is 0 Å². The van der Waals surface area contributed by atoms with Crippen molar-refractivity contribution in [3.8, 4) is 0 Å². The van der Waals surface area contributed by atoms with E-state index >= 15 is 0 Å². The summed E-state index contributed by atoms with van der Waals surface area (Å²) in [6.45, 7) is 0. The van der Waals surface area contributed by atoms with Crippen molar-refractivity contribution in [3.05, 3.63) is 0 Å². The summed E-state index contributed by atoms with van der Waals surface area (Å²) in [7, 11) is 2.81. The van der Waals surface area contributed by atoms with Crippen molar-refractivity contribution in [2.45, 2.75) is 31.3 Å². The number of rotatable bonds is 2. The molecule has 0 aromatic carbocycles. The van der Waals surface area contributed by atoms with Gasteiger partial charge in [-0.25, -0.2) is 4.79 Å². The molecule has 0 aromatic rings. The number of carbonyl (C=O) groups excluding carboxylic acids is 2. The van der Waals surface area contributed by atoms with Gasteiger partial charge in [0.25, 0.3) is 0 Å². The number of methoxy groups -OCH3 is 2. The fraction of sp³-hybridized carbons (Fsp3) is 0.778. The number of hydrogen-bond donors (Lipinski definition) is 0. The van der Waals surface area contributed by atoms with Gasteiger partial charge in [0.05, 0.1) is 7.11 Å². The molecule has 13 heavy (non-hydrogen) atoms. The Bertz CT molecular complexity index is 212. The topological polar surface area (TPSA) is 52.6 Å². The Kier molecular flexibility index (Phi) is 3.03. The zero-order valence-corrected chi connectivity index (χ0v) is 7.96. The fourth-order valence-corrected chi connectivity index (χ4v) is 1.61. The van der Waals surface area contributed by atoms with Gasteiger partial charge in [0, 0.05) is 20.0 Å². The molecule has 0 amide bonds. The SMILES string of the molecule is COC(=O)C1(OC)CCC(=O)CC1. The lowest BCUT2D eigenvalue weighted by Gasteiger charge is -2.32. The van der Waals surface area contributed by atoms with Crippen molar-refractivity contribution in [1.82, 2.24) is 0 Å². The van der Waals surface area contributed by atoms with Crippen molar-refractivity contribution in [1.29, 1.82) is 0 Å². The second-order valence-electron chi connectivity index (χ2n) is 3.23. The Morgan fingerprint density at radius 1 is 1.31 bits per heavy atom. The molecule has 74 valence electrons. The van der Waals surface area contributed by atoms with E-state index in [4.69, 9.17) is 4.74 Å². The molecule has 0 bridgehead atoms. The third-order valence-electron chi connectivity index (χ3n) is 2.56. The van der Waals surface area contributed by atoms with Gasteiger partial charge in [-0.3, -0.25) is 4.79 Å². The third-order valence-corrected chi connectivity index (χ3v) is 2.56. The van der Waals surface area contributed by atoms with Gasteiger partial charge in [0.1, 0.15) is 5.78 Å². The van der Waals surface area contributed by atoms with Crippen LogP contribution in [0.15, 0.2) is 0 Å². The quantitative estimate of drug-likeness (QED) is 0.595. The van der Waals surface area contributed by atoms with Gasteiger partial charge >= 0.3 is 5.97 Å². The van der Waals surface area contributed by atoms with E-state index in [-0.39, 0.29) is 11.8 Å². The minimum Gasteiger partial charge on any atom is -0.467 e. The van der Waals surface area contributed by atoms with Crippen LogP contribution in [0.4, 0.5) is 0 Å². The van der Waals surface area contributed by atoms with Crippen molar-refractivity contribution in [3.63, 3.8) is 0 Å². The largest absolute Gasteiger partial charge is 0.467 e. The number of ether oxygens (including phenoxy) is 2. The monoisotopic (exact) mass is 186 g/mol. The van der Waals surface area contributed by atoms with Crippen LogP contribution >= 0.6 is 0 Å². The highest BCUT2D eigenvalue weighted by Gasteiger charge is 2.42. The number of ketones is 1. The van der Waals surface area contributed by atoms with Crippen molar-refractivity contribution in [2.24, 2.45) is 0 Å². The molecule has 4 heteroatoms. The summed E-state index contributed by atoms with van der Waals surface area (Å²) in [5.41, 5.74) is -0.872. The van der Waals surface area contributed by atoms with Crippen molar-refractivity contribution < 1.29 is 19.1 Å². The summed E-state index contributed by atoms with van der Waals surface area (Å²) in [6.07, 6.45) is 1.69. The molecule has 1 aliphatic rings. The molecule has 0 unspecified atom stereocenters.